The van der Waals surface area contributed by atoms with Gasteiger partial charge in [-0.15, -0.1) is 0 Å². The third-order valence-corrected chi connectivity index (χ3v) is 7.52. The number of fused-ring (bicyclic) bond motifs is 1. The lowest BCUT2D eigenvalue weighted by molar-refractivity contribution is 0.0967. The maximum Gasteiger partial charge on any atom is 0.120 e. The zero-order valence-corrected chi connectivity index (χ0v) is 19.3. The van der Waals surface area contributed by atoms with E-state index in [-0.39, 0.29) is 0 Å². The van der Waals surface area contributed by atoms with E-state index < -0.39 is 0 Å². The fraction of sp³-hybridized carbons (Fsp3) is 0.571. The highest BCUT2D eigenvalue weighted by molar-refractivity contribution is 5.29. The SMILES string of the molecule is c1ccc(COc2cccc(CN3C[C@@H]4[C@H](COCCCN5CCCCC5)[C@@H]4C3)c2)cc1. The van der Waals surface area contributed by atoms with Gasteiger partial charge >= 0.3 is 0 Å². The summed E-state index contributed by atoms with van der Waals surface area (Å²) < 4.78 is 12.1. The van der Waals surface area contributed by atoms with Crippen molar-refractivity contribution in [1.29, 1.82) is 0 Å². The molecule has 2 aromatic rings. The average molecular weight is 435 g/mol. The Balaban J connectivity index is 0.976. The Morgan fingerprint density at radius 3 is 2.41 bits per heavy atom. The molecule has 0 bridgehead atoms. The fourth-order valence-electron chi connectivity index (χ4n) is 5.64. The van der Waals surface area contributed by atoms with Crippen LogP contribution in [0.25, 0.3) is 0 Å². The molecule has 3 atom stereocenters. The van der Waals surface area contributed by atoms with Crippen molar-refractivity contribution in [2.24, 2.45) is 17.8 Å². The normalized spacial score (nSPS) is 25.6. The first-order valence-electron chi connectivity index (χ1n) is 12.6. The summed E-state index contributed by atoms with van der Waals surface area (Å²) in [4.78, 5) is 5.22. The molecule has 3 fully saturated rings. The first-order chi connectivity index (χ1) is 15.8. The number of ether oxygens (including phenoxy) is 2. The average Bonchev–Trinajstić information content (AvgIpc) is 3.29. The van der Waals surface area contributed by atoms with Gasteiger partial charge in [0.05, 0.1) is 6.61 Å². The molecular formula is C28H38N2O2. The number of piperidine rings is 2. The van der Waals surface area contributed by atoms with Gasteiger partial charge in [-0.05, 0) is 73.4 Å². The van der Waals surface area contributed by atoms with E-state index in [4.69, 9.17) is 9.47 Å². The molecule has 3 aliphatic rings. The molecule has 2 saturated heterocycles. The van der Waals surface area contributed by atoms with E-state index in [2.05, 4.69) is 58.3 Å². The first-order valence-corrected chi connectivity index (χ1v) is 12.6. The lowest BCUT2D eigenvalue weighted by Crippen LogP contribution is -2.31. The van der Waals surface area contributed by atoms with Crippen molar-refractivity contribution in [1.82, 2.24) is 9.80 Å². The van der Waals surface area contributed by atoms with Crippen molar-refractivity contribution in [3.63, 3.8) is 0 Å². The fourth-order valence-corrected chi connectivity index (χ4v) is 5.64. The van der Waals surface area contributed by atoms with Crippen molar-refractivity contribution in [2.45, 2.75) is 38.8 Å². The minimum atomic E-state index is 0.623. The predicted molar refractivity (Wildman–Crippen MR) is 129 cm³/mol. The predicted octanol–water partition coefficient (Wildman–Crippen LogP) is 4.84. The number of hydrogen-bond donors (Lipinski definition) is 0. The highest BCUT2D eigenvalue weighted by Gasteiger charge is 2.55. The minimum Gasteiger partial charge on any atom is -0.489 e. The molecule has 0 amide bonds. The highest BCUT2D eigenvalue weighted by Crippen LogP contribution is 2.52. The monoisotopic (exact) mass is 434 g/mol. The van der Waals surface area contributed by atoms with Gasteiger partial charge in [0.1, 0.15) is 12.4 Å². The molecule has 2 aromatic carbocycles. The van der Waals surface area contributed by atoms with Gasteiger partial charge in [-0.1, -0.05) is 48.9 Å². The molecule has 0 radical (unpaired) electrons. The minimum absolute atomic E-state index is 0.623. The largest absolute Gasteiger partial charge is 0.489 e. The molecule has 4 heteroatoms. The smallest absolute Gasteiger partial charge is 0.120 e. The Labute approximate surface area is 193 Å². The molecule has 1 saturated carbocycles. The molecule has 2 heterocycles. The van der Waals surface area contributed by atoms with Gasteiger partial charge in [-0.25, -0.2) is 0 Å². The molecule has 1 aliphatic carbocycles. The van der Waals surface area contributed by atoms with Gasteiger partial charge in [0.2, 0.25) is 0 Å². The molecule has 0 spiro atoms. The molecule has 4 nitrogen and oxygen atoms in total. The van der Waals surface area contributed by atoms with Crippen LogP contribution >= 0.6 is 0 Å². The number of likely N-dealkylation sites (tertiary alicyclic amines) is 2. The van der Waals surface area contributed by atoms with Gasteiger partial charge in [0.15, 0.2) is 0 Å². The summed E-state index contributed by atoms with van der Waals surface area (Å²) in [5, 5.41) is 0. The van der Waals surface area contributed by atoms with Gasteiger partial charge in [-0.3, -0.25) is 4.90 Å². The van der Waals surface area contributed by atoms with Gasteiger partial charge in [0.25, 0.3) is 0 Å². The van der Waals surface area contributed by atoms with E-state index in [0.29, 0.717) is 6.61 Å². The van der Waals surface area contributed by atoms with Crippen molar-refractivity contribution in [2.75, 3.05) is 45.9 Å². The van der Waals surface area contributed by atoms with Crippen LogP contribution in [0, 0.1) is 17.8 Å². The Morgan fingerprint density at radius 1 is 0.812 bits per heavy atom. The van der Waals surface area contributed by atoms with E-state index in [9.17, 15) is 0 Å². The van der Waals surface area contributed by atoms with Crippen LogP contribution in [-0.4, -0.2) is 55.7 Å². The number of nitrogens with zero attached hydrogens (tertiary/aromatic N) is 2. The molecule has 0 aromatic heterocycles. The molecule has 0 unspecified atom stereocenters. The summed E-state index contributed by atoms with van der Waals surface area (Å²) in [5.41, 5.74) is 2.56. The van der Waals surface area contributed by atoms with Crippen LogP contribution in [0.5, 0.6) is 5.75 Å². The van der Waals surface area contributed by atoms with Crippen molar-refractivity contribution < 1.29 is 9.47 Å². The zero-order valence-electron chi connectivity index (χ0n) is 19.3. The van der Waals surface area contributed by atoms with E-state index in [1.54, 1.807) is 0 Å². The summed E-state index contributed by atoms with van der Waals surface area (Å²) in [5.74, 6) is 3.48. The summed E-state index contributed by atoms with van der Waals surface area (Å²) >= 11 is 0. The zero-order chi connectivity index (χ0) is 21.6. The highest BCUT2D eigenvalue weighted by atomic mass is 16.5. The van der Waals surface area contributed by atoms with E-state index in [1.165, 1.54) is 69.5 Å². The van der Waals surface area contributed by atoms with Crippen molar-refractivity contribution in [3.05, 3.63) is 65.7 Å². The van der Waals surface area contributed by atoms with E-state index in [1.807, 2.05) is 6.07 Å². The Kier molecular flexibility index (Phi) is 7.42. The molecule has 32 heavy (non-hydrogen) atoms. The van der Waals surface area contributed by atoms with Crippen LogP contribution in [0.15, 0.2) is 54.6 Å². The van der Waals surface area contributed by atoms with Crippen molar-refractivity contribution in [3.8, 4) is 5.75 Å². The second kappa shape index (κ2) is 10.8. The third-order valence-electron chi connectivity index (χ3n) is 7.52. The molecule has 5 rings (SSSR count). The molecular weight excluding hydrogens is 396 g/mol. The van der Waals surface area contributed by atoms with Crippen LogP contribution in [-0.2, 0) is 17.9 Å². The third kappa shape index (κ3) is 5.92. The topological polar surface area (TPSA) is 24.9 Å². The van der Waals surface area contributed by atoms with E-state index in [0.717, 1.165) is 43.3 Å². The number of hydrogen-bond acceptors (Lipinski definition) is 4. The lowest BCUT2D eigenvalue weighted by Gasteiger charge is -2.26. The Bertz CT molecular complexity index is 824. The van der Waals surface area contributed by atoms with Gasteiger partial charge in [0, 0.05) is 32.8 Å². The number of benzene rings is 2. The molecule has 2 aliphatic heterocycles. The van der Waals surface area contributed by atoms with Crippen LogP contribution in [0.3, 0.4) is 0 Å². The Hall–Kier alpha value is -1.88. The van der Waals surface area contributed by atoms with Crippen molar-refractivity contribution >= 4 is 0 Å². The second-order valence-corrected chi connectivity index (χ2v) is 9.94. The second-order valence-electron chi connectivity index (χ2n) is 9.94. The first kappa shape index (κ1) is 21.9. The van der Waals surface area contributed by atoms with Crippen LogP contribution in [0.4, 0.5) is 0 Å². The van der Waals surface area contributed by atoms with E-state index >= 15 is 0 Å². The summed E-state index contributed by atoms with van der Waals surface area (Å²) in [7, 11) is 0. The maximum atomic E-state index is 6.06. The quantitative estimate of drug-likeness (QED) is 0.473. The molecule has 172 valence electrons. The maximum absolute atomic E-state index is 6.06. The lowest BCUT2D eigenvalue weighted by atomic mass is 10.1. The van der Waals surface area contributed by atoms with Crippen LogP contribution < -0.4 is 4.74 Å². The number of rotatable bonds is 11. The van der Waals surface area contributed by atoms with Crippen LogP contribution in [0.1, 0.15) is 36.8 Å². The van der Waals surface area contributed by atoms with Crippen LogP contribution in [0.2, 0.25) is 0 Å². The standard InChI is InChI=1S/C28H38N2O2/c1-3-9-23(10-4-1)21-32-25-12-7-11-24(17-25)18-30-19-26-27(20-30)28(26)22-31-16-8-15-29-13-5-2-6-14-29/h1,3-4,7,9-12,17,26-28H,2,5-6,8,13-16,18-22H2/t26-,27+,28-. The summed E-state index contributed by atoms with van der Waals surface area (Å²) in [6.45, 7) is 9.83. The summed E-state index contributed by atoms with van der Waals surface area (Å²) in [6.07, 6.45) is 5.38. The van der Waals surface area contributed by atoms with Gasteiger partial charge < -0.3 is 14.4 Å². The molecule has 0 N–H and O–H groups in total. The Morgan fingerprint density at radius 2 is 1.59 bits per heavy atom. The van der Waals surface area contributed by atoms with Gasteiger partial charge in [-0.2, -0.15) is 0 Å². The summed E-state index contributed by atoms with van der Waals surface area (Å²) in [6, 6.07) is 19.0.